The zero-order valence-corrected chi connectivity index (χ0v) is 20.5. The van der Waals surface area contributed by atoms with E-state index in [9.17, 15) is 34.2 Å². The summed E-state index contributed by atoms with van der Waals surface area (Å²) in [5.74, 6) is -4.92. The largest absolute Gasteiger partial charge is 0.508 e. The molecule has 5 unspecified atom stereocenters. The van der Waals surface area contributed by atoms with Gasteiger partial charge in [0.2, 0.25) is 23.6 Å². The lowest BCUT2D eigenvalue weighted by molar-refractivity contribution is -0.142. The van der Waals surface area contributed by atoms with Gasteiger partial charge in [0.15, 0.2) is 0 Å². The van der Waals surface area contributed by atoms with Crippen molar-refractivity contribution >= 4 is 42.2 Å². The molecule has 5 atom stereocenters. The van der Waals surface area contributed by atoms with Gasteiger partial charge in [0, 0.05) is 12.2 Å². The fourth-order valence-corrected chi connectivity index (χ4v) is 3.22. The standard InChI is InChI=1S/C22H33N5O7S/c1-3-11(2)18(27-20(31)15(9-17(24)29)25-19(30)14(23)10-35)21(32)26-16(22(33)34)8-12-4-6-13(28)7-5-12/h4-7,11,14-16,18,28,35H,3,8-10,23H2,1-2H3,(H2,24,29)(H,25,30)(H,26,32)(H,27,31)(H,33,34). The number of primary amides is 1. The number of aromatic hydroxyl groups is 1. The molecule has 12 nitrogen and oxygen atoms in total. The van der Waals surface area contributed by atoms with E-state index < -0.39 is 66.1 Å². The molecule has 1 rings (SSSR count). The minimum Gasteiger partial charge on any atom is -0.508 e. The fraction of sp³-hybridized carbons (Fsp3) is 0.500. The molecule has 0 aliphatic rings. The topological polar surface area (TPSA) is 214 Å². The number of phenolic OH excluding ortho intramolecular Hbond substituents is 1. The molecule has 0 aliphatic heterocycles. The second kappa shape index (κ2) is 14.2. The molecule has 35 heavy (non-hydrogen) atoms. The second-order valence-electron chi connectivity index (χ2n) is 8.16. The fourth-order valence-electron chi connectivity index (χ4n) is 3.06. The van der Waals surface area contributed by atoms with Crippen LogP contribution in [0.5, 0.6) is 5.75 Å². The van der Waals surface area contributed by atoms with Crippen molar-refractivity contribution in [1.82, 2.24) is 16.0 Å². The Kier molecular flexibility index (Phi) is 12.0. The van der Waals surface area contributed by atoms with Crippen LogP contribution in [0.3, 0.4) is 0 Å². The lowest BCUT2D eigenvalue weighted by Crippen LogP contribution is -2.59. The summed E-state index contributed by atoms with van der Waals surface area (Å²) in [6, 6.07) is 0.931. The zero-order chi connectivity index (χ0) is 26.7. The predicted octanol–water partition coefficient (Wildman–Crippen LogP) is -1.35. The van der Waals surface area contributed by atoms with Crippen molar-refractivity contribution in [3.8, 4) is 5.75 Å². The minimum absolute atomic E-state index is 0.00769. The summed E-state index contributed by atoms with van der Waals surface area (Å²) in [5, 5.41) is 26.2. The Morgan fingerprint density at radius 3 is 2.03 bits per heavy atom. The van der Waals surface area contributed by atoms with E-state index in [2.05, 4.69) is 28.6 Å². The smallest absolute Gasteiger partial charge is 0.326 e. The molecular formula is C22H33N5O7S. The van der Waals surface area contributed by atoms with Crippen LogP contribution in [0, 0.1) is 5.92 Å². The maximum atomic E-state index is 13.0. The number of aliphatic carboxylic acids is 1. The number of phenols is 1. The Morgan fingerprint density at radius 2 is 1.54 bits per heavy atom. The molecule has 13 heteroatoms. The van der Waals surface area contributed by atoms with Gasteiger partial charge in [-0.1, -0.05) is 32.4 Å². The summed E-state index contributed by atoms with van der Waals surface area (Å²) < 4.78 is 0. The van der Waals surface area contributed by atoms with Gasteiger partial charge in [0.25, 0.3) is 0 Å². The van der Waals surface area contributed by atoms with Crippen molar-refractivity contribution in [1.29, 1.82) is 0 Å². The Balaban J connectivity index is 3.04. The van der Waals surface area contributed by atoms with Gasteiger partial charge < -0.3 is 37.6 Å². The first-order valence-electron chi connectivity index (χ1n) is 11.0. The summed E-state index contributed by atoms with van der Waals surface area (Å²) in [4.78, 5) is 61.2. The average Bonchev–Trinajstić information content (AvgIpc) is 2.81. The molecule has 0 spiro atoms. The quantitative estimate of drug-likeness (QED) is 0.139. The molecular weight excluding hydrogens is 478 g/mol. The summed E-state index contributed by atoms with van der Waals surface area (Å²) >= 11 is 3.92. The summed E-state index contributed by atoms with van der Waals surface area (Å²) in [6.07, 6.45) is -0.153. The highest BCUT2D eigenvalue weighted by molar-refractivity contribution is 7.80. The van der Waals surface area contributed by atoms with Gasteiger partial charge >= 0.3 is 5.97 Å². The summed E-state index contributed by atoms with van der Waals surface area (Å²) in [5.41, 5.74) is 11.4. The number of thiol groups is 1. The molecule has 1 aromatic carbocycles. The number of carboxylic acid groups (broad SMARTS) is 1. The number of carbonyl (C=O) groups is 5. The first-order chi connectivity index (χ1) is 16.4. The number of hydrogen-bond donors (Lipinski definition) is 8. The van der Waals surface area contributed by atoms with Crippen LogP contribution in [-0.4, -0.2) is 69.7 Å². The van der Waals surface area contributed by atoms with E-state index in [1.54, 1.807) is 13.8 Å². The number of carboxylic acids is 1. The van der Waals surface area contributed by atoms with E-state index in [1.807, 2.05) is 0 Å². The van der Waals surface area contributed by atoms with E-state index in [-0.39, 0.29) is 17.9 Å². The Hall–Kier alpha value is -3.32. The lowest BCUT2D eigenvalue weighted by Gasteiger charge is -2.27. The lowest BCUT2D eigenvalue weighted by atomic mass is 9.96. The first-order valence-corrected chi connectivity index (χ1v) is 11.6. The van der Waals surface area contributed by atoms with Crippen molar-refractivity contribution in [2.45, 2.75) is 57.3 Å². The molecule has 0 fully saturated rings. The van der Waals surface area contributed by atoms with E-state index in [0.29, 0.717) is 12.0 Å². The predicted molar refractivity (Wildman–Crippen MR) is 130 cm³/mol. The van der Waals surface area contributed by atoms with Gasteiger partial charge in [-0.3, -0.25) is 19.2 Å². The van der Waals surface area contributed by atoms with Gasteiger partial charge in [-0.05, 0) is 23.6 Å². The van der Waals surface area contributed by atoms with E-state index in [4.69, 9.17) is 11.5 Å². The molecule has 0 heterocycles. The minimum atomic E-state index is -1.39. The van der Waals surface area contributed by atoms with Crippen LogP contribution in [0.2, 0.25) is 0 Å². The van der Waals surface area contributed by atoms with Crippen LogP contribution < -0.4 is 27.4 Å². The number of nitrogens with two attached hydrogens (primary N) is 2. The molecule has 0 saturated carbocycles. The monoisotopic (exact) mass is 511 g/mol. The van der Waals surface area contributed by atoms with E-state index >= 15 is 0 Å². The first kappa shape index (κ1) is 29.7. The third kappa shape index (κ3) is 9.83. The van der Waals surface area contributed by atoms with Gasteiger partial charge in [0.05, 0.1) is 12.5 Å². The van der Waals surface area contributed by atoms with Crippen LogP contribution in [0.25, 0.3) is 0 Å². The maximum Gasteiger partial charge on any atom is 0.326 e. The third-order valence-electron chi connectivity index (χ3n) is 5.36. The van der Waals surface area contributed by atoms with Crippen LogP contribution >= 0.6 is 12.6 Å². The number of carbonyl (C=O) groups excluding carboxylic acids is 4. The number of nitrogens with one attached hydrogen (secondary N) is 3. The molecule has 0 bridgehead atoms. The van der Waals surface area contributed by atoms with Crippen LogP contribution in [0.15, 0.2) is 24.3 Å². The van der Waals surface area contributed by atoms with Crippen LogP contribution in [-0.2, 0) is 30.4 Å². The van der Waals surface area contributed by atoms with Crippen LogP contribution in [0.1, 0.15) is 32.3 Å². The molecule has 9 N–H and O–H groups in total. The van der Waals surface area contributed by atoms with Crippen LogP contribution in [0.4, 0.5) is 0 Å². The SMILES string of the molecule is CCC(C)C(NC(=O)C(CC(N)=O)NC(=O)C(N)CS)C(=O)NC(Cc1ccc(O)cc1)C(=O)O. The second-order valence-corrected chi connectivity index (χ2v) is 8.53. The van der Waals surface area contributed by atoms with Gasteiger partial charge in [-0.2, -0.15) is 12.6 Å². The number of benzene rings is 1. The molecule has 0 saturated heterocycles. The molecule has 0 aromatic heterocycles. The van der Waals surface area contributed by atoms with Crippen molar-refractivity contribution in [3.63, 3.8) is 0 Å². The zero-order valence-electron chi connectivity index (χ0n) is 19.6. The van der Waals surface area contributed by atoms with E-state index in [0.717, 1.165) is 0 Å². The number of amides is 4. The molecule has 0 aliphatic carbocycles. The Bertz CT molecular complexity index is 912. The number of hydrogen-bond acceptors (Lipinski definition) is 8. The highest BCUT2D eigenvalue weighted by Crippen LogP contribution is 2.13. The van der Waals surface area contributed by atoms with Gasteiger partial charge in [0.1, 0.15) is 23.9 Å². The van der Waals surface area contributed by atoms with Crippen molar-refractivity contribution in [2.24, 2.45) is 17.4 Å². The van der Waals surface area contributed by atoms with Crippen molar-refractivity contribution in [2.75, 3.05) is 5.75 Å². The summed E-state index contributed by atoms with van der Waals surface area (Å²) in [6.45, 7) is 3.45. The van der Waals surface area contributed by atoms with Crippen molar-refractivity contribution < 1.29 is 34.2 Å². The number of rotatable bonds is 14. The Labute approximate surface area is 208 Å². The summed E-state index contributed by atoms with van der Waals surface area (Å²) in [7, 11) is 0. The highest BCUT2D eigenvalue weighted by Gasteiger charge is 2.33. The van der Waals surface area contributed by atoms with Crippen molar-refractivity contribution in [3.05, 3.63) is 29.8 Å². The average molecular weight is 512 g/mol. The van der Waals surface area contributed by atoms with E-state index in [1.165, 1.54) is 24.3 Å². The molecule has 4 amide bonds. The van der Waals surface area contributed by atoms with Gasteiger partial charge in [-0.15, -0.1) is 0 Å². The molecule has 1 aromatic rings. The Morgan fingerprint density at radius 1 is 0.971 bits per heavy atom. The maximum absolute atomic E-state index is 13.0. The third-order valence-corrected chi connectivity index (χ3v) is 5.75. The highest BCUT2D eigenvalue weighted by atomic mass is 32.1. The molecule has 0 radical (unpaired) electrons. The van der Waals surface area contributed by atoms with Gasteiger partial charge in [-0.25, -0.2) is 4.79 Å². The molecule has 194 valence electrons. The normalized spacial score (nSPS) is 15.1.